The molecule has 0 atom stereocenters. The average Bonchev–Trinajstić information content (AvgIpc) is 2.89. The minimum absolute atomic E-state index is 0.127. The summed E-state index contributed by atoms with van der Waals surface area (Å²) in [5, 5.41) is 6.30. The predicted molar refractivity (Wildman–Crippen MR) is 76.2 cm³/mol. The van der Waals surface area contributed by atoms with E-state index in [1.807, 2.05) is 11.4 Å². The van der Waals surface area contributed by atoms with E-state index in [-0.39, 0.29) is 5.02 Å². The first-order valence-electron chi connectivity index (χ1n) is 5.60. The molecule has 0 aliphatic carbocycles. The largest absolute Gasteiger partial charge is 0.365 e. The molecule has 3 nitrogen and oxygen atoms in total. The molecule has 1 aromatic carbocycles. The van der Waals surface area contributed by atoms with Crippen molar-refractivity contribution >= 4 is 39.0 Å². The van der Waals surface area contributed by atoms with Crippen LogP contribution in [0.5, 0.6) is 0 Å². The van der Waals surface area contributed by atoms with Crippen LogP contribution in [0.15, 0.2) is 36.0 Å². The van der Waals surface area contributed by atoms with Gasteiger partial charge in [-0.3, -0.25) is 0 Å². The van der Waals surface area contributed by atoms with Gasteiger partial charge in [0.1, 0.15) is 22.8 Å². The fraction of sp³-hybridized carbons (Fsp3) is 0.0769. The molecule has 0 amide bonds. The Hall–Kier alpha value is -1.72. The van der Waals surface area contributed by atoms with E-state index in [4.69, 9.17) is 11.6 Å². The number of thiophene rings is 1. The molecule has 2 heterocycles. The van der Waals surface area contributed by atoms with Gasteiger partial charge in [-0.15, -0.1) is 11.3 Å². The fourth-order valence-corrected chi connectivity index (χ4v) is 2.70. The molecule has 0 aliphatic rings. The van der Waals surface area contributed by atoms with Crippen molar-refractivity contribution in [3.63, 3.8) is 0 Å². The Morgan fingerprint density at radius 1 is 1.26 bits per heavy atom. The molecule has 0 fully saturated rings. The first-order chi connectivity index (χ1) is 9.24. The number of aromatic nitrogens is 2. The summed E-state index contributed by atoms with van der Waals surface area (Å²) in [6.45, 7) is 0.530. The highest BCUT2D eigenvalue weighted by molar-refractivity contribution is 7.16. The lowest BCUT2D eigenvalue weighted by Crippen LogP contribution is -2.02. The van der Waals surface area contributed by atoms with Crippen molar-refractivity contribution in [1.29, 1.82) is 0 Å². The Morgan fingerprint density at radius 3 is 3.00 bits per heavy atom. The first kappa shape index (κ1) is 12.3. The van der Waals surface area contributed by atoms with E-state index >= 15 is 0 Å². The quantitative estimate of drug-likeness (QED) is 0.790. The third-order valence-corrected chi connectivity index (χ3v) is 3.82. The van der Waals surface area contributed by atoms with Gasteiger partial charge in [-0.25, -0.2) is 14.4 Å². The number of fused-ring (bicyclic) bond motifs is 1. The van der Waals surface area contributed by atoms with Crippen molar-refractivity contribution in [1.82, 2.24) is 9.97 Å². The van der Waals surface area contributed by atoms with E-state index in [9.17, 15) is 4.39 Å². The lowest BCUT2D eigenvalue weighted by molar-refractivity contribution is 0.627. The Balaban J connectivity index is 1.82. The van der Waals surface area contributed by atoms with Crippen LogP contribution in [0.4, 0.5) is 10.2 Å². The summed E-state index contributed by atoms with van der Waals surface area (Å²) in [6, 6.07) is 6.63. The number of hydrogen-bond donors (Lipinski definition) is 1. The number of halogens is 2. The summed E-state index contributed by atoms with van der Waals surface area (Å²) in [6.07, 6.45) is 1.53. The van der Waals surface area contributed by atoms with E-state index in [0.717, 1.165) is 21.6 Å². The lowest BCUT2D eigenvalue weighted by Gasteiger charge is -2.07. The molecule has 96 valence electrons. The minimum atomic E-state index is -0.410. The van der Waals surface area contributed by atoms with Crippen LogP contribution in [0, 0.1) is 5.82 Å². The molecule has 0 saturated carbocycles. The third-order valence-electron chi connectivity index (χ3n) is 2.71. The summed E-state index contributed by atoms with van der Waals surface area (Å²) < 4.78 is 13.1. The van der Waals surface area contributed by atoms with Crippen LogP contribution in [0.1, 0.15) is 5.56 Å². The molecule has 0 radical (unpaired) electrons. The molecular formula is C13H9ClFN3S. The highest BCUT2D eigenvalue weighted by Gasteiger charge is 2.05. The number of benzene rings is 1. The molecule has 19 heavy (non-hydrogen) atoms. The van der Waals surface area contributed by atoms with Crippen LogP contribution in [-0.2, 0) is 6.54 Å². The fourth-order valence-electron chi connectivity index (χ4n) is 1.77. The maximum absolute atomic E-state index is 13.1. The van der Waals surface area contributed by atoms with E-state index in [0.29, 0.717) is 6.54 Å². The SMILES string of the molecule is Fc1ccc(CNc2ncnc3sccc23)cc1Cl. The minimum Gasteiger partial charge on any atom is -0.365 e. The molecule has 0 unspecified atom stereocenters. The highest BCUT2D eigenvalue weighted by atomic mass is 35.5. The van der Waals surface area contributed by atoms with E-state index in [1.54, 1.807) is 23.5 Å². The van der Waals surface area contributed by atoms with Gasteiger partial charge < -0.3 is 5.32 Å². The molecular weight excluding hydrogens is 285 g/mol. The van der Waals surface area contributed by atoms with Gasteiger partial charge in [-0.1, -0.05) is 17.7 Å². The first-order valence-corrected chi connectivity index (χ1v) is 6.86. The van der Waals surface area contributed by atoms with Crippen LogP contribution in [0.25, 0.3) is 10.2 Å². The van der Waals surface area contributed by atoms with E-state index < -0.39 is 5.82 Å². The van der Waals surface area contributed by atoms with Gasteiger partial charge >= 0.3 is 0 Å². The van der Waals surface area contributed by atoms with Gasteiger partial charge in [0.05, 0.1) is 10.4 Å². The molecule has 0 spiro atoms. The van der Waals surface area contributed by atoms with Crippen molar-refractivity contribution < 1.29 is 4.39 Å². The molecule has 3 aromatic rings. The van der Waals surface area contributed by atoms with Gasteiger partial charge in [-0.05, 0) is 29.1 Å². The molecule has 0 aliphatic heterocycles. The van der Waals surface area contributed by atoms with Gasteiger partial charge in [0, 0.05) is 6.54 Å². The van der Waals surface area contributed by atoms with Crippen molar-refractivity contribution in [2.45, 2.75) is 6.54 Å². The number of nitrogens with zero attached hydrogens (tertiary/aromatic N) is 2. The average molecular weight is 294 g/mol. The Kier molecular flexibility index (Phi) is 3.31. The van der Waals surface area contributed by atoms with Gasteiger partial charge in [0.25, 0.3) is 0 Å². The second-order valence-electron chi connectivity index (χ2n) is 3.96. The topological polar surface area (TPSA) is 37.8 Å². The molecule has 0 bridgehead atoms. The normalized spacial score (nSPS) is 10.8. The van der Waals surface area contributed by atoms with Crippen LogP contribution in [-0.4, -0.2) is 9.97 Å². The van der Waals surface area contributed by atoms with E-state index in [2.05, 4.69) is 15.3 Å². The number of rotatable bonds is 3. The summed E-state index contributed by atoms with van der Waals surface area (Å²) in [4.78, 5) is 9.33. The van der Waals surface area contributed by atoms with Crippen molar-refractivity contribution in [2.24, 2.45) is 0 Å². The Morgan fingerprint density at radius 2 is 2.16 bits per heavy atom. The Labute approximate surface area is 118 Å². The van der Waals surface area contributed by atoms with Gasteiger partial charge in [0.15, 0.2) is 0 Å². The lowest BCUT2D eigenvalue weighted by atomic mass is 10.2. The number of hydrogen-bond acceptors (Lipinski definition) is 4. The van der Waals surface area contributed by atoms with Gasteiger partial charge in [-0.2, -0.15) is 0 Å². The molecule has 0 saturated heterocycles. The third kappa shape index (κ3) is 2.52. The standard InChI is InChI=1S/C13H9ClFN3S/c14-10-5-8(1-2-11(10)15)6-16-12-9-3-4-19-13(9)18-7-17-12/h1-5,7H,6H2,(H,16,17,18). The summed E-state index contributed by atoms with van der Waals surface area (Å²) in [5.74, 6) is 0.361. The van der Waals surface area contributed by atoms with Crippen molar-refractivity contribution in [3.8, 4) is 0 Å². The molecule has 2 aromatic heterocycles. The predicted octanol–water partition coefficient (Wildman–Crippen LogP) is 4.10. The zero-order valence-electron chi connectivity index (χ0n) is 9.73. The second-order valence-corrected chi connectivity index (χ2v) is 5.27. The monoisotopic (exact) mass is 293 g/mol. The molecule has 3 rings (SSSR count). The van der Waals surface area contributed by atoms with Crippen LogP contribution < -0.4 is 5.32 Å². The second kappa shape index (κ2) is 5.11. The van der Waals surface area contributed by atoms with Crippen molar-refractivity contribution in [3.05, 3.63) is 52.4 Å². The van der Waals surface area contributed by atoms with Crippen LogP contribution >= 0.6 is 22.9 Å². The van der Waals surface area contributed by atoms with Gasteiger partial charge in [0.2, 0.25) is 0 Å². The maximum Gasteiger partial charge on any atom is 0.141 e. The summed E-state index contributed by atoms with van der Waals surface area (Å²) in [7, 11) is 0. The summed E-state index contributed by atoms with van der Waals surface area (Å²) in [5.41, 5.74) is 0.897. The zero-order valence-corrected chi connectivity index (χ0v) is 11.3. The molecule has 6 heteroatoms. The Bertz CT molecular complexity index is 729. The zero-order chi connectivity index (χ0) is 13.2. The van der Waals surface area contributed by atoms with Crippen LogP contribution in [0.2, 0.25) is 5.02 Å². The van der Waals surface area contributed by atoms with Crippen molar-refractivity contribution in [2.75, 3.05) is 5.32 Å². The van der Waals surface area contributed by atoms with Crippen LogP contribution in [0.3, 0.4) is 0 Å². The summed E-state index contributed by atoms with van der Waals surface area (Å²) >= 11 is 7.31. The maximum atomic E-state index is 13.1. The highest BCUT2D eigenvalue weighted by Crippen LogP contribution is 2.24. The molecule has 1 N–H and O–H groups in total. The van der Waals surface area contributed by atoms with E-state index in [1.165, 1.54) is 12.4 Å². The number of nitrogens with one attached hydrogen (secondary N) is 1. The number of anilines is 1. The smallest absolute Gasteiger partial charge is 0.141 e.